The third kappa shape index (κ3) is 5.33. The van der Waals surface area contributed by atoms with Crippen LogP contribution in [0.3, 0.4) is 0 Å². The average Bonchev–Trinajstić information content (AvgIpc) is 2.76. The molecule has 1 aliphatic rings. The molecule has 0 bridgehead atoms. The van der Waals surface area contributed by atoms with Crippen molar-refractivity contribution in [1.82, 2.24) is 4.90 Å². The Kier molecular flexibility index (Phi) is 6.78. The Labute approximate surface area is 146 Å². The van der Waals surface area contributed by atoms with Crippen LogP contribution in [-0.2, 0) is 9.59 Å². The van der Waals surface area contributed by atoms with Crippen molar-refractivity contribution >= 4 is 23.6 Å². The Hall–Kier alpha value is -1.89. The molecule has 0 radical (unpaired) electrons. The molecule has 7 heteroatoms. The number of ether oxygens (including phenoxy) is 2. The Bertz CT molecular complexity index is 590. The first-order valence-corrected chi connectivity index (χ1v) is 8.99. The Morgan fingerprint density at radius 3 is 2.62 bits per heavy atom. The fourth-order valence-corrected chi connectivity index (χ4v) is 3.20. The smallest absolute Gasteiger partial charge is 0.323 e. The number of rotatable bonds is 7. The standard InChI is InChI=1S/C17H23NO5S/c1-12(2)18(11-17(20)21)16(19)6-9-24-13-4-5-14-15(10-13)23-8-3-7-22-14/h4-5,10,12H,3,6-9,11H2,1-2H3,(H,20,21). The van der Waals surface area contributed by atoms with Crippen molar-refractivity contribution in [3.05, 3.63) is 18.2 Å². The Balaban J connectivity index is 1.88. The first kappa shape index (κ1) is 18.4. The van der Waals surface area contributed by atoms with Gasteiger partial charge in [-0.15, -0.1) is 11.8 Å². The highest BCUT2D eigenvalue weighted by atomic mass is 32.2. The molecule has 1 aliphatic heterocycles. The summed E-state index contributed by atoms with van der Waals surface area (Å²) in [6.45, 7) is 4.67. The van der Waals surface area contributed by atoms with Crippen LogP contribution in [0.25, 0.3) is 0 Å². The summed E-state index contributed by atoms with van der Waals surface area (Å²) in [7, 11) is 0. The van der Waals surface area contributed by atoms with Crippen LogP contribution < -0.4 is 9.47 Å². The van der Waals surface area contributed by atoms with Gasteiger partial charge >= 0.3 is 5.97 Å². The van der Waals surface area contributed by atoms with Crippen molar-refractivity contribution in [2.45, 2.75) is 37.6 Å². The molecule has 0 aromatic heterocycles. The van der Waals surface area contributed by atoms with Gasteiger partial charge in [-0.3, -0.25) is 9.59 Å². The number of nitrogens with zero attached hydrogens (tertiary/aromatic N) is 1. The highest BCUT2D eigenvalue weighted by Gasteiger charge is 2.19. The highest BCUT2D eigenvalue weighted by molar-refractivity contribution is 7.99. The van der Waals surface area contributed by atoms with E-state index in [0.29, 0.717) is 25.4 Å². The molecule has 6 nitrogen and oxygen atoms in total. The van der Waals surface area contributed by atoms with Gasteiger partial charge in [0, 0.05) is 29.5 Å². The lowest BCUT2D eigenvalue weighted by atomic mass is 10.3. The average molecular weight is 353 g/mol. The number of aliphatic carboxylic acids is 1. The van der Waals surface area contributed by atoms with Crippen LogP contribution in [0.15, 0.2) is 23.1 Å². The zero-order chi connectivity index (χ0) is 17.5. The first-order chi connectivity index (χ1) is 11.5. The van der Waals surface area contributed by atoms with Gasteiger partial charge in [0.1, 0.15) is 6.54 Å². The van der Waals surface area contributed by atoms with E-state index in [9.17, 15) is 9.59 Å². The monoisotopic (exact) mass is 353 g/mol. The summed E-state index contributed by atoms with van der Waals surface area (Å²) in [6.07, 6.45) is 1.16. The van der Waals surface area contributed by atoms with Crippen molar-refractivity contribution in [2.75, 3.05) is 25.5 Å². The molecule has 132 valence electrons. The number of fused-ring (bicyclic) bond motifs is 1. The molecule has 24 heavy (non-hydrogen) atoms. The second kappa shape index (κ2) is 8.82. The summed E-state index contributed by atoms with van der Waals surface area (Å²) in [5.41, 5.74) is 0. The molecule has 0 fully saturated rings. The van der Waals surface area contributed by atoms with Crippen molar-refractivity contribution in [3.63, 3.8) is 0 Å². The molecule has 0 atom stereocenters. The summed E-state index contributed by atoms with van der Waals surface area (Å²) in [4.78, 5) is 25.4. The molecular weight excluding hydrogens is 330 g/mol. The molecular formula is C17H23NO5S. The van der Waals surface area contributed by atoms with Crippen LogP contribution in [0.4, 0.5) is 0 Å². The van der Waals surface area contributed by atoms with Crippen molar-refractivity contribution in [1.29, 1.82) is 0 Å². The number of carbonyl (C=O) groups excluding carboxylic acids is 1. The zero-order valence-corrected chi connectivity index (χ0v) is 14.8. The summed E-state index contributed by atoms with van der Waals surface area (Å²) in [6, 6.07) is 5.62. The normalized spacial score (nSPS) is 13.5. The zero-order valence-electron chi connectivity index (χ0n) is 14.0. The molecule has 1 heterocycles. The molecule has 1 aromatic carbocycles. The quantitative estimate of drug-likeness (QED) is 0.760. The molecule has 0 aliphatic carbocycles. The number of carboxylic acids is 1. The summed E-state index contributed by atoms with van der Waals surface area (Å²) >= 11 is 1.55. The van der Waals surface area contributed by atoms with Crippen molar-refractivity contribution < 1.29 is 24.2 Å². The maximum atomic E-state index is 12.2. The van der Waals surface area contributed by atoms with Crippen LogP contribution in [0.1, 0.15) is 26.7 Å². The van der Waals surface area contributed by atoms with E-state index in [1.807, 2.05) is 32.0 Å². The number of carbonyl (C=O) groups is 2. The molecule has 0 unspecified atom stereocenters. The van der Waals surface area contributed by atoms with Crippen LogP contribution in [0, 0.1) is 0 Å². The maximum absolute atomic E-state index is 12.2. The van der Waals surface area contributed by atoms with Gasteiger partial charge < -0.3 is 19.5 Å². The third-order valence-electron chi connectivity index (χ3n) is 3.55. The Morgan fingerprint density at radius 1 is 1.25 bits per heavy atom. The van der Waals surface area contributed by atoms with Crippen molar-refractivity contribution in [2.24, 2.45) is 0 Å². The molecule has 0 saturated carbocycles. The fourth-order valence-electron chi connectivity index (χ4n) is 2.34. The Morgan fingerprint density at radius 2 is 1.96 bits per heavy atom. The maximum Gasteiger partial charge on any atom is 0.323 e. The largest absolute Gasteiger partial charge is 0.490 e. The van der Waals surface area contributed by atoms with Gasteiger partial charge in [-0.2, -0.15) is 0 Å². The minimum atomic E-state index is -0.993. The number of benzene rings is 1. The van der Waals surface area contributed by atoms with E-state index in [4.69, 9.17) is 14.6 Å². The van der Waals surface area contributed by atoms with Crippen LogP contribution in [0.2, 0.25) is 0 Å². The van der Waals surface area contributed by atoms with Crippen LogP contribution >= 0.6 is 11.8 Å². The molecule has 1 aromatic rings. The lowest BCUT2D eigenvalue weighted by Crippen LogP contribution is -2.40. The van der Waals surface area contributed by atoms with Gasteiger partial charge in [0.05, 0.1) is 13.2 Å². The van der Waals surface area contributed by atoms with Gasteiger partial charge in [0.2, 0.25) is 5.91 Å². The van der Waals surface area contributed by atoms with E-state index in [2.05, 4.69) is 0 Å². The third-order valence-corrected chi connectivity index (χ3v) is 4.55. The molecule has 1 amide bonds. The minimum Gasteiger partial charge on any atom is -0.490 e. The van der Waals surface area contributed by atoms with Gasteiger partial charge in [0.15, 0.2) is 11.5 Å². The lowest BCUT2D eigenvalue weighted by molar-refractivity contribution is -0.145. The van der Waals surface area contributed by atoms with E-state index in [1.165, 1.54) is 4.90 Å². The fraction of sp³-hybridized carbons (Fsp3) is 0.529. The van der Waals surface area contributed by atoms with Gasteiger partial charge in [-0.1, -0.05) is 0 Å². The van der Waals surface area contributed by atoms with E-state index in [-0.39, 0.29) is 18.5 Å². The molecule has 0 saturated heterocycles. The van der Waals surface area contributed by atoms with Crippen LogP contribution in [0.5, 0.6) is 11.5 Å². The van der Waals surface area contributed by atoms with Crippen LogP contribution in [-0.4, -0.2) is 53.4 Å². The van der Waals surface area contributed by atoms with Crippen molar-refractivity contribution in [3.8, 4) is 11.5 Å². The highest BCUT2D eigenvalue weighted by Crippen LogP contribution is 2.34. The first-order valence-electron chi connectivity index (χ1n) is 8.01. The van der Waals surface area contributed by atoms with E-state index >= 15 is 0 Å². The van der Waals surface area contributed by atoms with Gasteiger partial charge in [-0.25, -0.2) is 0 Å². The topological polar surface area (TPSA) is 76.1 Å². The number of hydrogen-bond donors (Lipinski definition) is 1. The second-order valence-corrected chi connectivity index (χ2v) is 6.93. The number of carboxylic acid groups (broad SMARTS) is 1. The molecule has 0 spiro atoms. The number of hydrogen-bond acceptors (Lipinski definition) is 5. The van der Waals surface area contributed by atoms with E-state index < -0.39 is 5.97 Å². The number of amides is 1. The SMILES string of the molecule is CC(C)N(CC(=O)O)C(=O)CCSc1ccc2c(c1)OCCCO2. The van der Waals surface area contributed by atoms with E-state index in [0.717, 1.165) is 22.8 Å². The predicted molar refractivity (Wildman–Crippen MR) is 91.9 cm³/mol. The molecule has 1 N–H and O–H groups in total. The van der Waals surface area contributed by atoms with Gasteiger partial charge in [0.25, 0.3) is 0 Å². The van der Waals surface area contributed by atoms with E-state index in [1.54, 1.807) is 11.8 Å². The predicted octanol–water partition coefficient (Wildman–Crippen LogP) is 2.65. The summed E-state index contributed by atoms with van der Waals surface area (Å²) in [5.74, 6) is 0.933. The number of thioether (sulfide) groups is 1. The molecule has 2 rings (SSSR count). The van der Waals surface area contributed by atoms with Gasteiger partial charge in [-0.05, 0) is 32.0 Å². The lowest BCUT2D eigenvalue weighted by Gasteiger charge is -2.24. The summed E-state index contributed by atoms with van der Waals surface area (Å²) in [5, 5.41) is 8.90. The minimum absolute atomic E-state index is 0.128. The second-order valence-electron chi connectivity index (χ2n) is 5.77. The summed E-state index contributed by atoms with van der Waals surface area (Å²) < 4.78 is 11.2.